The third kappa shape index (κ3) is 1.16. The summed E-state index contributed by atoms with van der Waals surface area (Å²) >= 11 is 0. The first-order valence-electron chi connectivity index (χ1n) is 4.98. The Morgan fingerprint density at radius 2 is 2.08 bits per heavy atom. The van der Waals surface area contributed by atoms with Gasteiger partial charge in [0.15, 0.2) is 0 Å². The third-order valence-electron chi connectivity index (χ3n) is 3.71. The van der Waals surface area contributed by atoms with Gasteiger partial charge in [-0.25, -0.2) is 0 Å². The molecule has 0 spiro atoms. The first-order chi connectivity index (χ1) is 6.08. The van der Waals surface area contributed by atoms with Gasteiger partial charge in [0.25, 0.3) is 0 Å². The molecule has 74 valence electrons. The fourth-order valence-electron chi connectivity index (χ4n) is 2.59. The number of rotatable bonds is 1. The molecule has 2 nitrogen and oxygen atoms in total. The average Bonchev–Trinajstić information content (AvgIpc) is 2.46. The minimum atomic E-state index is -0.0994. The fourth-order valence-corrected chi connectivity index (χ4v) is 2.59. The molecule has 2 heteroatoms. The van der Waals surface area contributed by atoms with E-state index < -0.39 is 0 Å². The average molecular weight is 182 g/mol. The second-order valence-corrected chi connectivity index (χ2v) is 4.47. The van der Waals surface area contributed by atoms with E-state index in [2.05, 4.69) is 32.9 Å². The highest BCUT2D eigenvalue weighted by Crippen LogP contribution is 2.43. The molecule has 2 aliphatic rings. The molecule has 2 aliphatic heterocycles. The SMILES string of the molecule is COC1C(C)C2C=CC(C)(O2)C1C. The number of hydrogen-bond donors (Lipinski definition) is 0. The summed E-state index contributed by atoms with van der Waals surface area (Å²) in [6, 6.07) is 0. The predicted octanol–water partition coefficient (Wildman–Crippen LogP) is 2.00. The van der Waals surface area contributed by atoms with Gasteiger partial charge in [0.05, 0.1) is 17.8 Å². The maximum Gasteiger partial charge on any atom is 0.0893 e. The zero-order chi connectivity index (χ0) is 9.64. The van der Waals surface area contributed by atoms with Crippen molar-refractivity contribution in [2.75, 3.05) is 7.11 Å². The lowest BCUT2D eigenvalue weighted by Crippen LogP contribution is -2.51. The van der Waals surface area contributed by atoms with Crippen molar-refractivity contribution in [3.63, 3.8) is 0 Å². The van der Waals surface area contributed by atoms with Crippen LogP contribution in [0.3, 0.4) is 0 Å². The Morgan fingerprint density at radius 1 is 1.38 bits per heavy atom. The van der Waals surface area contributed by atoms with Crippen LogP contribution >= 0.6 is 0 Å². The van der Waals surface area contributed by atoms with E-state index in [1.165, 1.54) is 0 Å². The molecule has 0 N–H and O–H groups in total. The molecule has 0 aromatic rings. The van der Waals surface area contributed by atoms with Crippen molar-refractivity contribution in [3.8, 4) is 0 Å². The van der Waals surface area contributed by atoms with Gasteiger partial charge >= 0.3 is 0 Å². The molecule has 2 heterocycles. The predicted molar refractivity (Wildman–Crippen MR) is 51.5 cm³/mol. The van der Waals surface area contributed by atoms with Gasteiger partial charge in [0.1, 0.15) is 0 Å². The number of fused-ring (bicyclic) bond motifs is 2. The molecule has 0 radical (unpaired) electrons. The lowest BCUT2D eigenvalue weighted by Gasteiger charge is -2.44. The Kier molecular flexibility index (Phi) is 2.00. The smallest absolute Gasteiger partial charge is 0.0893 e. The summed E-state index contributed by atoms with van der Waals surface area (Å²) in [7, 11) is 1.80. The third-order valence-corrected chi connectivity index (χ3v) is 3.71. The summed E-state index contributed by atoms with van der Waals surface area (Å²) in [6.07, 6.45) is 4.95. The van der Waals surface area contributed by atoms with Gasteiger partial charge in [-0.2, -0.15) is 0 Å². The van der Waals surface area contributed by atoms with E-state index in [4.69, 9.17) is 9.47 Å². The van der Waals surface area contributed by atoms with E-state index in [0.717, 1.165) is 0 Å². The van der Waals surface area contributed by atoms with Crippen LogP contribution in [0.5, 0.6) is 0 Å². The molecule has 1 fully saturated rings. The molecule has 2 rings (SSSR count). The second-order valence-electron chi connectivity index (χ2n) is 4.47. The molecule has 0 aromatic heterocycles. The molecule has 5 atom stereocenters. The van der Waals surface area contributed by atoms with Crippen LogP contribution in [0.15, 0.2) is 12.2 Å². The van der Waals surface area contributed by atoms with Gasteiger partial charge in [-0.15, -0.1) is 0 Å². The standard InChI is InChI=1S/C11H18O2/c1-7-9-5-6-11(3,13-9)8(2)10(7)12-4/h5-10H,1-4H3. The van der Waals surface area contributed by atoms with Crippen molar-refractivity contribution in [1.82, 2.24) is 0 Å². The number of ether oxygens (including phenoxy) is 2. The van der Waals surface area contributed by atoms with Crippen LogP contribution in [-0.2, 0) is 9.47 Å². The molecule has 0 aliphatic carbocycles. The lowest BCUT2D eigenvalue weighted by molar-refractivity contribution is -0.173. The minimum absolute atomic E-state index is 0.0994. The lowest BCUT2D eigenvalue weighted by atomic mass is 9.79. The minimum Gasteiger partial charge on any atom is -0.381 e. The zero-order valence-corrected chi connectivity index (χ0v) is 8.78. The Morgan fingerprint density at radius 3 is 2.69 bits per heavy atom. The van der Waals surface area contributed by atoms with E-state index in [9.17, 15) is 0 Å². The van der Waals surface area contributed by atoms with Gasteiger partial charge in [-0.3, -0.25) is 0 Å². The van der Waals surface area contributed by atoms with Gasteiger partial charge in [0, 0.05) is 18.9 Å². The topological polar surface area (TPSA) is 18.5 Å². The molecule has 0 amide bonds. The molecule has 1 saturated heterocycles. The molecule has 0 saturated carbocycles. The van der Waals surface area contributed by atoms with Crippen molar-refractivity contribution in [2.24, 2.45) is 11.8 Å². The van der Waals surface area contributed by atoms with Crippen LogP contribution in [0.4, 0.5) is 0 Å². The monoisotopic (exact) mass is 182 g/mol. The quantitative estimate of drug-likeness (QED) is 0.577. The van der Waals surface area contributed by atoms with Crippen LogP contribution in [0.25, 0.3) is 0 Å². The van der Waals surface area contributed by atoms with E-state index >= 15 is 0 Å². The molecule has 5 unspecified atom stereocenters. The van der Waals surface area contributed by atoms with E-state index in [1.807, 2.05) is 0 Å². The maximum absolute atomic E-state index is 5.95. The van der Waals surface area contributed by atoms with Gasteiger partial charge < -0.3 is 9.47 Å². The Labute approximate surface area is 79.9 Å². The van der Waals surface area contributed by atoms with Crippen LogP contribution < -0.4 is 0 Å². The summed E-state index contributed by atoms with van der Waals surface area (Å²) in [5, 5.41) is 0. The van der Waals surface area contributed by atoms with Crippen molar-refractivity contribution < 1.29 is 9.47 Å². The molecule has 2 bridgehead atoms. The van der Waals surface area contributed by atoms with Gasteiger partial charge in [-0.05, 0) is 6.92 Å². The Bertz CT molecular complexity index is 236. The highest BCUT2D eigenvalue weighted by molar-refractivity contribution is 5.18. The summed E-state index contributed by atoms with van der Waals surface area (Å²) in [6.45, 7) is 6.55. The first-order valence-corrected chi connectivity index (χ1v) is 4.98. The van der Waals surface area contributed by atoms with Crippen LogP contribution in [0.2, 0.25) is 0 Å². The van der Waals surface area contributed by atoms with E-state index in [0.29, 0.717) is 17.9 Å². The van der Waals surface area contributed by atoms with Crippen molar-refractivity contribution in [1.29, 1.82) is 0 Å². The molecule has 0 aromatic carbocycles. The van der Waals surface area contributed by atoms with E-state index in [1.54, 1.807) is 7.11 Å². The molecular weight excluding hydrogens is 164 g/mol. The van der Waals surface area contributed by atoms with Gasteiger partial charge in [0.2, 0.25) is 0 Å². The number of hydrogen-bond acceptors (Lipinski definition) is 2. The van der Waals surface area contributed by atoms with Crippen LogP contribution in [-0.4, -0.2) is 24.9 Å². The van der Waals surface area contributed by atoms with Crippen molar-refractivity contribution in [2.45, 2.75) is 38.6 Å². The normalized spacial score (nSPS) is 54.2. The van der Waals surface area contributed by atoms with Gasteiger partial charge in [-0.1, -0.05) is 26.0 Å². The maximum atomic E-state index is 5.95. The second kappa shape index (κ2) is 2.82. The fraction of sp³-hybridized carbons (Fsp3) is 0.818. The molecular formula is C11H18O2. The summed E-state index contributed by atoms with van der Waals surface area (Å²) < 4.78 is 11.5. The van der Waals surface area contributed by atoms with Crippen LogP contribution in [0.1, 0.15) is 20.8 Å². The Balaban J connectivity index is 2.28. The van der Waals surface area contributed by atoms with E-state index in [-0.39, 0.29) is 11.7 Å². The highest BCUT2D eigenvalue weighted by Gasteiger charge is 2.49. The van der Waals surface area contributed by atoms with Crippen molar-refractivity contribution >= 4 is 0 Å². The summed E-state index contributed by atoms with van der Waals surface area (Å²) in [5.74, 6) is 0.898. The largest absolute Gasteiger partial charge is 0.381 e. The highest BCUT2D eigenvalue weighted by atomic mass is 16.5. The Hall–Kier alpha value is -0.340. The summed E-state index contributed by atoms with van der Waals surface area (Å²) in [4.78, 5) is 0. The molecule has 13 heavy (non-hydrogen) atoms. The summed E-state index contributed by atoms with van der Waals surface area (Å²) in [5.41, 5.74) is -0.0994. The van der Waals surface area contributed by atoms with Crippen LogP contribution in [0, 0.1) is 11.8 Å². The zero-order valence-electron chi connectivity index (χ0n) is 8.78. The van der Waals surface area contributed by atoms with Crippen molar-refractivity contribution in [3.05, 3.63) is 12.2 Å². The number of methoxy groups -OCH3 is 1. The first kappa shape index (κ1) is 9.22.